The average Bonchev–Trinajstić information content (AvgIpc) is 3.18. The second-order valence-corrected chi connectivity index (χ2v) is 7.19. The molecule has 0 atom stereocenters. The minimum absolute atomic E-state index is 0.240. The standard InChI is InChI=1S/C22H16FN3O3S/c1-28-19-12-14(13-24-26-22-25-17-4-2-3-5-20(17)30-22)6-11-18(19)29-21(27)15-7-9-16(23)10-8-15/h2-13H,1H3,(H,25,26)/b24-13+. The minimum atomic E-state index is -0.604. The van der Waals surface area contributed by atoms with Crippen LogP contribution in [0.5, 0.6) is 11.5 Å². The third-order valence-corrected chi connectivity index (χ3v) is 5.08. The second-order valence-electron chi connectivity index (χ2n) is 6.16. The van der Waals surface area contributed by atoms with E-state index in [9.17, 15) is 9.18 Å². The third kappa shape index (κ3) is 4.44. The van der Waals surface area contributed by atoms with E-state index >= 15 is 0 Å². The van der Waals surface area contributed by atoms with Crippen molar-refractivity contribution in [3.05, 3.63) is 83.7 Å². The number of carbonyl (C=O) groups is 1. The summed E-state index contributed by atoms with van der Waals surface area (Å²) in [7, 11) is 1.48. The van der Waals surface area contributed by atoms with E-state index < -0.39 is 11.8 Å². The summed E-state index contributed by atoms with van der Waals surface area (Å²) < 4.78 is 24.8. The number of carbonyl (C=O) groups excluding carboxylic acids is 1. The molecule has 4 aromatic rings. The van der Waals surface area contributed by atoms with Crippen molar-refractivity contribution in [3.8, 4) is 11.5 Å². The Bertz CT molecular complexity index is 1190. The van der Waals surface area contributed by atoms with E-state index in [1.807, 2.05) is 24.3 Å². The lowest BCUT2D eigenvalue weighted by Crippen LogP contribution is -2.09. The fourth-order valence-electron chi connectivity index (χ4n) is 2.68. The Morgan fingerprint density at radius 3 is 2.67 bits per heavy atom. The van der Waals surface area contributed by atoms with Crippen molar-refractivity contribution in [1.29, 1.82) is 0 Å². The van der Waals surface area contributed by atoms with Crippen LogP contribution in [0.4, 0.5) is 9.52 Å². The molecule has 0 bridgehead atoms. The molecular formula is C22H16FN3O3S. The lowest BCUT2D eigenvalue weighted by Gasteiger charge is -2.10. The van der Waals surface area contributed by atoms with Gasteiger partial charge in [0.05, 0.1) is 29.1 Å². The zero-order chi connectivity index (χ0) is 20.9. The number of hydrogen-bond acceptors (Lipinski definition) is 7. The highest BCUT2D eigenvalue weighted by Gasteiger charge is 2.13. The SMILES string of the molecule is COc1cc(/C=N/Nc2nc3ccccc3s2)ccc1OC(=O)c1ccc(F)cc1. The smallest absolute Gasteiger partial charge is 0.343 e. The number of hydrogen-bond donors (Lipinski definition) is 1. The first-order valence-electron chi connectivity index (χ1n) is 8.93. The Morgan fingerprint density at radius 2 is 1.90 bits per heavy atom. The molecule has 0 spiro atoms. The maximum Gasteiger partial charge on any atom is 0.343 e. The molecule has 0 aliphatic heterocycles. The molecule has 1 N–H and O–H groups in total. The normalized spacial score (nSPS) is 11.0. The van der Waals surface area contributed by atoms with E-state index in [4.69, 9.17) is 9.47 Å². The van der Waals surface area contributed by atoms with E-state index in [1.54, 1.807) is 24.4 Å². The van der Waals surface area contributed by atoms with Gasteiger partial charge in [-0.3, -0.25) is 5.43 Å². The van der Waals surface area contributed by atoms with Gasteiger partial charge in [0.2, 0.25) is 5.13 Å². The highest BCUT2D eigenvalue weighted by Crippen LogP contribution is 2.29. The first kappa shape index (κ1) is 19.5. The largest absolute Gasteiger partial charge is 0.493 e. The first-order chi connectivity index (χ1) is 14.6. The van der Waals surface area contributed by atoms with Crippen LogP contribution < -0.4 is 14.9 Å². The fraction of sp³-hybridized carbons (Fsp3) is 0.0455. The fourth-order valence-corrected chi connectivity index (χ4v) is 3.49. The average molecular weight is 421 g/mol. The van der Waals surface area contributed by atoms with Crippen LogP contribution in [0, 0.1) is 5.82 Å². The number of hydrazone groups is 1. The van der Waals surface area contributed by atoms with Gasteiger partial charge in [0, 0.05) is 0 Å². The van der Waals surface area contributed by atoms with Gasteiger partial charge in [-0.25, -0.2) is 14.2 Å². The highest BCUT2D eigenvalue weighted by atomic mass is 32.1. The maximum absolute atomic E-state index is 13.0. The molecule has 1 aromatic heterocycles. The van der Waals surface area contributed by atoms with Crippen LogP contribution in [0.25, 0.3) is 10.2 Å². The number of thiazole rings is 1. The number of halogens is 1. The van der Waals surface area contributed by atoms with Gasteiger partial charge in [0.15, 0.2) is 11.5 Å². The summed E-state index contributed by atoms with van der Waals surface area (Å²) >= 11 is 1.51. The molecule has 0 unspecified atom stereocenters. The molecule has 6 nitrogen and oxygen atoms in total. The van der Waals surface area contributed by atoms with Gasteiger partial charge in [-0.2, -0.15) is 5.10 Å². The Morgan fingerprint density at radius 1 is 1.10 bits per heavy atom. The number of ether oxygens (including phenoxy) is 2. The van der Waals surface area contributed by atoms with Gasteiger partial charge in [-0.15, -0.1) is 0 Å². The van der Waals surface area contributed by atoms with Gasteiger partial charge < -0.3 is 9.47 Å². The lowest BCUT2D eigenvalue weighted by molar-refractivity contribution is 0.0729. The van der Waals surface area contributed by atoms with Crippen molar-refractivity contribution in [2.45, 2.75) is 0 Å². The van der Waals surface area contributed by atoms with Gasteiger partial charge in [-0.05, 0) is 60.2 Å². The maximum atomic E-state index is 13.0. The number of nitrogens with zero attached hydrogens (tertiary/aromatic N) is 2. The number of esters is 1. The Labute approximate surface area is 175 Å². The number of anilines is 1. The van der Waals surface area contributed by atoms with Crippen LogP contribution in [0.1, 0.15) is 15.9 Å². The number of fused-ring (bicyclic) bond motifs is 1. The topological polar surface area (TPSA) is 72.8 Å². The Kier molecular flexibility index (Phi) is 5.67. The predicted molar refractivity (Wildman–Crippen MR) is 115 cm³/mol. The number of para-hydroxylation sites is 1. The van der Waals surface area contributed by atoms with Gasteiger partial charge in [0.1, 0.15) is 5.82 Å². The molecule has 0 amide bonds. The van der Waals surface area contributed by atoms with Crippen LogP contribution in [0.15, 0.2) is 71.8 Å². The quantitative estimate of drug-likeness (QED) is 0.203. The molecule has 3 aromatic carbocycles. The van der Waals surface area contributed by atoms with E-state index in [1.165, 1.54) is 42.7 Å². The van der Waals surface area contributed by atoms with Gasteiger partial charge >= 0.3 is 5.97 Å². The summed E-state index contributed by atoms with van der Waals surface area (Å²) in [4.78, 5) is 16.7. The summed E-state index contributed by atoms with van der Waals surface area (Å²) in [5.74, 6) is -0.406. The lowest BCUT2D eigenvalue weighted by atomic mass is 10.2. The molecule has 30 heavy (non-hydrogen) atoms. The van der Waals surface area contributed by atoms with E-state index in [0.717, 1.165) is 15.8 Å². The van der Waals surface area contributed by atoms with Crippen LogP contribution in [0.3, 0.4) is 0 Å². The van der Waals surface area contributed by atoms with Crippen molar-refractivity contribution in [1.82, 2.24) is 4.98 Å². The molecule has 1 heterocycles. The summed E-state index contributed by atoms with van der Waals surface area (Å²) in [6, 6.07) is 18.0. The van der Waals surface area contributed by atoms with E-state index in [0.29, 0.717) is 10.9 Å². The molecule has 0 saturated carbocycles. The van der Waals surface area contributed by atoms with Crippen molar-refractivity contribution in [2.75, 3.05) is 12.5 Å². The summed E-state index contributed by atoms with van der Waals surface area (Å²) in [6.45, 7) is 0. The number of aromatic nitrogens is 1. The summed E-state index contributed by atoms with van der Waals surface area (Å²) in [6.07, 6.45) is 1.61. The summed E-state index contributed by atoms with van der Waals surface area (Å²) in [5.41, 5.74) is 4.80. The molecule has 8 heteroatoms. The molecular weight excluding hydrogens is 405 g/mol. The number of nitrogens with one attached hydrogen (secondary N) is 1. The van der Waals surface area contributed by atoms with Crippen LogP contribution >= 0.6 is 11.3 Å². The molecule has 0 saturated heterocycles. The van der Waals surface area contributed by atoms with Crippen molar-refractivity contribution in [3.63, 3.8) is 0 Å². The summed E-state index contributed by atoms with van der Waals surface area (Å²) in [5, 5.41) is 4.89. The van der Waals surface area contributed by atoms with Crippen LogP contribution in [-0.4, -0.2) is 24.3 Å². The molecule has 4 rings (SSSR count). The molecule has 0 aliphatic carbocycles. The second kappa shape index (κ2) is 8.71. The third-order valence-electron chi connectivity index (χ3n) is 4.14. The van der Waals surface area contributed by atoms with E-state index in [-0.39, 0.29) is 11.3 Å². The minimum Gasteiger partial charge on any atom is -0.493 e. The number of methoxy groups -OCH3 is 1. The molecule has 0 fully saturated rings. The molecule has 0 radical (unpaired) electrons. The highest BCUT2D eigenvalue weighted by molar-refractivity contribution is 7.22. The van der Waals surface area contributed by atoms with Crippen LogP contribution in [0.2, 0.25) is 0 Å². The molecule has 150 valence electrons. The first-order valence-corrected chi connectivity index (χ1v) is 9.74. The number of rotatable bonds is 6. The number of benzene rings is 3. The van der Waals surface area contributed by atoms with Gasteiger partial charge in [0.25, 0.3) is 0 Å². The van der Waals surface area contributed by atoms with Gasteiger partial charge in [-0.1, -0.05) is 23.5 Å². The van der Waals surface area contributed by atoms with Crippen LogP contribution in [-0.2, 0) is 0 Å². The zero-order valence-electron chi connectivity index (χ0n) is 15.8. The monoisotopic (exact) mass is 421 g/mol. The zero-order valence-corrected chi connectivity index (χ0v) is 16.7. The van der Waals surface area contributed by atoms with Crippen molar-refractivity contribution in [2.24, 2.45) is 5.10 Å². The molecule has 0 aliphatic rings. The van der Waals surface area contributed by atoms with E-state index in [2.05, 4.69) is 15.5 Å². The Hall–Kier alpha value is -3.78. The predicted octanol–water partition coefficient (Wildman–Crippen LogP) is 5.11. The van der Waals surface area contributed by atoms with Crippen molar-refractivity contribution >= 4 is 38.9 Å². The van der Waals surface area contributed by atoms with Crippen molar-refractivity contribution < 1.29 is 18.7 Å². The Balaban J connectivity index is 1.45.